The van der Waals surface area contributed by atoms with Crippen molar-refractivity contribution in [3.8, 4) is 0 Å². The number of hydrogen-bond acceptors (Lipinski definition) is 3. The van der Waals surface area contributed by atoms with E-state index in [1.165, 1.54) is 0 Å². The fourth-order valence-corrected chi connectivity index (χ4v) is 2.61. The Morgan fingerprint density at radius 3 is 2.78 bits per heavy atom. The molecule has 3 N–H and O–H groups in total. The Kier molecular flexibility index (Phi) is 6.09. The fourth-order valence-electron chi connectivity index (χ4n) is 2.61. The van der Waals surface area contributed by atoms with Crippen LogP contribution in [-0.2, 0) is 9.53 Å². The first-order chi connectivity index (χ1) is 8.45. The highest BCUT2D eigenvalue weighted by Gasteiger charge is 2.35. The molecule has 1 aliphatic rings. The fraction of sp³-hybridized carbons (Fsp3) is 0.929. The number of nitrogens with one attached hydrogen (secondary N) is 1. The van der Waals surface area contributed by atoms with Gasteiger partial charge in [0.25, 0.3) is 0 Å². The zero-order valence-electron chi connectivity index (χ0n) is 12.0. The molecule has 2 unspecified atom stereocenters. The van der Waals surface area contributed by atoms with Crippen LogP contribution in [0.1, 0.15) is 46.5 Å². The van der Waals surface area contributed by atoms with E-state index in [0.29, 0.717) is 18.9 Å². The van der Waals surface area contributed by atoms with E-state index in [-0.39, 0.29) is 17.4 Å². The standard InChI is InChI=1S/C14H28N2O2/c1-14(2,3)13-11(6-5-9-18-13)10-16-12(17)7-4-8-15/h11,13H,4-10,15H2,1-3H3,(H,16,17). The van der Waals surface area contributed by atoms with Gasteiger partial charge in [-0.15, -0.1) is 0 Å². The summed E-state index contributed by atoms with van der Waals surface area (Å²) >= 11 is 0. The van der Waals surface area contributed by atoms with E-state index in [2.05, 4.69) is 26.1 Å². The number of hydrogen-bond donors (Lipinski definition) is 2. The van der Waals surface area contributed by atoms with Crippen molar-refractivity contribution in [2.75, 3.05) is 19.7 Å². The lowest BCUT2D eigenvalue weighted by molar-refractivity contribution is -0.123. The Morgan fingerprint density at radius 1 is 1.44 bits per heavy atom. The van der Waals surface area contributed by atoms with E-state index in [9.17, 15) is 4.79 Å². The molecular formula is C14H28N2O2. The van der Waals surface area contributed by atoms with Gasteiger partial charge < -0.3 is 15.8 Å². The van der Waals surface area contributed by atoms with Crippen molar-refractivity contribution in [1.82, 2.24) is 5.32 Å². The molecule has 18 heavy (non-hydrogen) atoms. The predicted octanol–water partition coefficient (Wildman–Crippen LogP) is 1.68. The molecule has 4 heteroatoms. The van der Waals surface area contributed by atoms with Crippen LogP contribution in [-0.4, -0.2) is 31.7 Å². The third-order valence-electron chi connectivity index (χ3n) is 3.47. The number of nitrogens with two attached hydrogens (primary N) is 1. The van der Waals surface area contributed by atoms with Gasteiger partial charge in [0.1, 0.15) is 0 Å². The summed E-state index contributed by atoms with van der Waals surface area (Å²) in [7, 11) is 0. The van der Waals surface area contributed by atoms with Gasteiger partial charge in [-0.25, -0.2) is 0 Å². The normalized spacial score (nSPS) is 24.9. The van der Waals surface area contributed by atoms with Gasteiger partial charge in [-0.2, -0.15) is 0 Å². The van der Waals surface area contributed by atoms with E-state index >= 15 is 0 Å². The van der Waals surface area contributed by atoms with Crippen molar-refractivity contribution in [1.29, 1.82) is 0 Å². The maximum absolute atomic E-state index is 11.6. The summed E-state index contributed by atoms with van der Waals surface area (Å²) in [6, 6.07) is 0. The van der Waals surface area contributed by atoms with Crippen molar-refractivity contribution in [2.24, 2.45) is 17.1 Å². The lowest BCUT2D eigenvalue weighted by atomic mass is 9.78. The minimum absolute atomic E-state index is 0.110. The molecule has 1 rings (SSSR count). The first-order valence-electron chi connectivity index (χ1n) is 7.03. The summed E-state index contributed by atoms with van der Waals surface area (Å²) in [5.41, 5.74) is 5.53. The zero-order chi connectivity index (χ0) is 13.6. The molecular weight excluding hydrogens is 228 g/mol. The Morgan fingerprint density at radius 2 is 2.17 bits per heavy atom. The van der Waals surface area contributed by atoms with Crippen LogP contribution in [0.3, 0.4) is 0 Å². The molecule has 1 heterocycles. The summed E-state index contributed by atoms with van der Waals surface area (Å²) in [4.78, 5) is 11.6. The van der Waals surface area contributed by atoms with E-state index in [1.54, 1.807) is 0 Å². The van der Waals surface area contributed by atoms with Crippen LogP contribution in [0.25, 0.3) is 0 Å². The lowest BCUT2D eigenvalue weighted by Gasteiger charge is -2.40. The van der Waals surface area contributed by atoms with Crippen LogP contribution in [0.2, 0.25) is 0 Å². The van der Waals surface area contributed by atoms with Crippen LogP contribution in [0.4, 0.5) is 0 Å². The maximum Gasteiger partial charge on any atom is 0.220 e. The van der Waals surface area contributed by atoms with Crippen LogP contribution in [0.5, 0.6) is 0 Å². The van der Waals surface area contributed by atoms with Crippen molar-refractivity contribution >= 4 is 5.91 Å². The number of rotatable bonds is 5. The van der Waals surface area contributed by atoms with Crippen LogP contribution < -0.4 is 11.1 Å². The molecule has 0 radical (unpaired) electrons. The number of carbonyl (C=O) groups excluding carboxylic acids is 1. The molecule has 1 aliphatic heterocycles. The highest BCUT2D eigenvalue weighted by atomic mass is 16.5. The number of ether oxygens (including phenoxy) is 1. The summed E-state index contributed by atoms with van der Waals surface area (Å²) in [6.45, 7) is 8.75. The van der Waals surface area contributed by atoms with E-state index in [0.717, 1.165) is 32.4 Å². The van der Waals surface area contributed by atoms with Crippen molar-refractivity contribution in [3.63, 3.8) is 0 Å². The second-order valence-corrected chi connectivity index (χ2v) is 6.26. The van der Waals surface area contributed by atoms with Crippen molar-refractivity contribution in [3.05, 3.63) is 0 Å². The molecule has 1 fully saturated rings. The lowest BCUT2D eigenvalue weighted by Crippen LogP contribution is -2.45. The predicted molar refractivity (Wildman–Crippen MR) is 73.2 cm³/mol. The maximum atomic E-state index is 11.6. The highest BCUT2D eigenvalue weighted by molar-refractivity contribution is 5.75. The Labute approximate surface area is 111 Å². The zero-order valence-corrected chi connectivity index (χ0v) is 12.0. The number of amides is 1. The van der Waals surface area contributed by atoms with Gasteiger partial charge >= 0.3 is 0 Å². The van der Waals surface area contributed by atoms with Gasteiger partial charge in [0.2, 0.25) is 5.91 Å². The van der Waals surface area contributed by atoms with E-state index in [4.69, 9.17) is 10.5 Å². The molecule has 2 atom stereocenters. The third kappa shape index (κ3) is 4.94. The van der Waals surface area contributed by atoms with Gasteiger partial charge in [-0.1, -0.05) is 20.8 Å². The van der Waals surface area contributed by atoms with Crippen molar-refractivity contribution < 1.29 is 9.53 Å². The molecule has 0 spiro atoms. The first kappa shape index (κ1) is 15.4. The second-order valence-electron chi connectivity index (χ2n) is 6.26. The van der Waals surface area contributed by atoms with Gasteiger partial charge in [0.15, 0.2) is 0 Å². The van der Waals surface area contributed by atoms with Gasteiger partial charge in [0, 0.05) is 25.5 Å². The van der Waals surface area contributed by atoms with Crippen molar-refractivity contribution in [2.45, 2.75) is 52.6 Å². The molecule has 0 aromatic carbocycles. The Hall–Kier alpha value is -0.610. The monoisotopic (exact) mass is 256 g/mol. The highest BCUT2D eigenvalue weighted by Crippen LogP contribution is 2.33. The summed E-state index contributed by atoms with van der Waals surface area (Å²) in [6.07, 6.45) is 3.76. The molecule has 0 saturated carbocycles. The first-order valence-corrected chi connectivity index (χ1v) is 7.03. The largest absolute Gasteiger partial charge is 0.377 e. The smallest absolute Gasteiger partial charge is 0.220 e. The third-order valence-corrected chi connectivity index (χ3v) is 3.47. The molecule has 0 aromatic rings. The second kappa shape index (κ2) is 7.10. The molecule has 4 nitrogen and oxygen atoms in total. The van der Waals surface area contributed by atoms with E-state index in [1.807, 2.05) is 0 Å². The van der Waals surface area contributed by atoms with Gasteiger partial charge in [0.05, 0.1) is 6.10 Å². The topological polar surface area (TPSA) is 64.3 Å². The minimum atomic E-state index is 0.110. The van der Waals surface area contributed by atoms with E-state index < -0.39 is 0 Å². The van der Waals surface area contributed by atoms with Crippen LogP contribution in [0.15, 0.2) is 0 Å². The molecule has 106 valence electrons. The van der Waals surface area contributed by atoms with Crippen LogP contribution >= 0.6 is 0 Å². The SMILES string of the molecule is CC(C)(C)C1OCCCC1CNC(=O)CCCN. The van der Waals surface area contributed by atoms with Crippen LogP contribution in [0, 0.1) is 11.3 Å². The number of carbonyl (C=O) groups is 1. The average molecular weight is 256 g/mol. The molecule has 1 saturated heterocycles. The Balaban J connectivity index is 2.40. The molecule has 0 aromatic heterocycles. The average Bonchev–Trinajstić information content (AvgIpc) is 2.33. The van der Waals surface area contributed by atoms with Gasteiger partial charge in [-0.3, -0.25) is 4.79 Å². The molecule has 0 bridgehead atoms. The molecule has 1 amide bonds. The summed E-state index contributed by atoms with van der Waals surface area (Å²) in [5, 5.41) is 3.01. The summed E-state index contributed by atoms with van der Waals surface area (Å²) < 4.78 is 5.90. The quantitative estimate of drug-likeness (QED) is 0.786. The van der Waals surface area contributed by atoms with Gasteiger partial charge in [-0.05, 0) is 31.2 Å². The summed E-state index contributed by atoms with van der Waals surface area (Å²) in [5.74, 6) is 0.541. The molecule has 0 aliphatic carbocycles. The Bertz CT molecular complexity index is 261. The minimum Gasteiger partial charge on any atom is -0.377 e.